The van der Waals surface area contributed by atoms with Gasteiger partial charge >= 0.3 is 6.18 Å². The zero-order valence-electron chi connectivity index (χ0n) is 18.4. The Bertz CT molecular complexity index is 1400. The molecule has 0 amide bonds. The van der Waals surface area contributed by atoms with Crippen molar-refractivity contribution in [2.75, 3.05) is 10.8 Å². The largest absolute Gasteiger partial charge is 0.416 e. The Balaban J connectivity index is 1.79. The number of hydrogen-bond donors (Lipinski definition) is 1. The van der Waals surface area contributed by atoms with Crippen molar-refractivity contribution in [1.29, 1.82) is 0 Å². The van der Waals surface area contributed by atoms with Gasteiger partial charge in [-0.1, -0.05) is 41.9 Å². The van der Waals surface area contributed by atoms with E-state index in [-0.39, 0.29) is 29.2 Å². The number of hydrogen-bond acceptors (Lipinski definition) is 3. The predicted molar refractivity (Wildman–Crippen MR) is 127 cm³/mol. The number of allylic oxidation sites excluding steroid dienone is 1. The van der Waals surface area contributed by atoms with Crippen LogP contribution in [0.15, 0.2) is 65.6 Å². The molecule has 1 aliphatic heterocycles. The van der Waals surface area contributed by atoms with Crippen molar-refractivity contribution in [2.24, 2.45) is 0 Å². The predicted octanol–water partition coefficient (Wildman–Crippen LogP) is 6.17. The van der Waals surface area contributed by atoms with Crippen LogP contribution in [-0.2, 0) is 22.6 Å². The van der Waals surface area contributed by atoms with E-state index in [1.165, 1.54) is 12.1 Å². The molecular weight excluding hydrogens is 506 g/mol. The molecular formula is C25H20ClF4NO3S. The van der Waals surface area contributed by atoms with Crippen molar-refractivity contribution < 1.29 is 31.1 Å². The number of halogens is 5. The fourth-order valence-corrected chi connectivity index (χ4v) is 5.96. The maximum atomic E-state index is 14.3. The first-order chi connectivity index (χ1) is 16.4. The van der Waals surface area contributed by atoms with Crippen LogP contribution in [0.4, 0.5) is 23.2 Å². The molecule has 4 rings (SSSR count). The molecule has 1 atom stereocenters. The number of nitrogens with zero attached hydrogens (tertiary/aromatic N) is 1. The van der Waals surface area contributed by atoms with Gasteiger partial charge in [-0.15, -0.1) is 0 Å². The minimum atomic E-state index is -4.71. The topological polar surface area (TPSA) is 57.6 Å². The smallest absolute Gasteiger partial charge is 0.391 e. The maximum absolute atomic E-state index is 14.3. The molecule has 10 heteroatoms. The van der Waals surface area contributed by atoms with Gasteiger partial charge in [0, 0.05) is 12.0 Å². The van der Waals surface area contributed by atoms with Crippen LogP contribution in [0.3, 0.4) is 0 Å². The number of anilines is 1. The fraction of sp³-hybridized carbons (Fsp3) is 0.200. The molecule has 0 aromatic heterocycles. The highest BCUT2D eigenvalue weighted by Gasteiger charge is 2.36. The van der Waals surface area contributed by atoms with E-state index in [9.17, 15) is 31.1 Å². The summed E-state index contributed by atoms with van der Waals surface area (Å²) >= 11 is 6.14. The standard InChI is InChI=1S/C25H20ClF4NO3S/c1-15(24-21(26)6-3-7-22(24)27)10-16-8-9-17-12-19(32)14-31(23(17)11-16)35(33,34)20-5-2-4-18(13-20)25(28,29)30/h2-11,13,19,32H,12,14H2,1H3/b15-10+/t19-/m1/s1. The maximum Gasteiger partial charge on any atom is 0.416 e. The van der Waals surface area contributed by atoms with Crippen LogP contribution in [0.25, 0.3) is 11.6 Å². The highest BCUT2D eigenvalue weighted by Crippen LogP contribution is 2.36. The molecule has 35 heavy (non-hydrogen) atoms. The number of alkyl halides is 3. The Morgan fingerprint density at radius 3 is 2.51 bits per heavy atom. The van der Waals surface area contributed by atoms with Gasteiger partial charge in [-0.3, -0.25) is 4.31 Å². The molecule has 0 saturated carbocycles. The van der Waals surface area contributed by atoms with E-state index in [1.807, 2.05) is 0 Å². The van der Waals surface area contributed by atoms with E-state index >= 15 is 0 Å². The highest BCUT2D eigenvalue weighted by molar-refractivity contribution is 7.92. The second-order valence-electron chi connectivity index (χ2n) is 8.23. The molecule has 1 aliphatic rings. The first-order valence-electron chi connectivity index (χ1n) is 10.5. The van der Waals surface area contributed by atoms with Gasteiger partial charge in [-0.25, -0.2) is 12.8 Å². The molecule has 184 valence electrons. The molecule has 0 unspecified atom stereocenters. The molecule has 1 N–H and O–H groups in total. The molecule has 3 aromatic carbocycles. The average Bonchev–Trinajstić information content (AvgIpc) is 2.78. The summed E-state index contributed by atoms with van der Waals surface area (Å²) in [5.41, 5.74) is 0.880. The summed E-state index contributed by atoms with van der Waals surface area (Å²) in [4.78, 5) is -0.539. The number of rotatable bonds is 4. The normalized spacial score (nSPS) is 16.8. The molecule has 0 radical (unpaired) electrons. The minimum Gasteiger partial charge on any atom is -0.391 e. The lowest BCUT2D eigenvalue weighted by Crippen LogP contribution is -2.42. The molecule has 0 aliphatic carbocycles. The van der Waals surface area contributed by atoms with Crippen molar-refractivity contribution in [3.8, 4) is 0 Å². The number of β-amino-alcohol motifs (C(OH)–C–C–N with tert-alkyl or cyclic N) is 1. The Labute approximate surface area is 205 Å². The Morgan fingerprint density at radius 1 is 1.11 bits per heavy atom. The third-order valence-corrected chi connectivity index (χ3v) is 7.79. The summed E-state index contributed by atoms with van der Waals surface area (Å²) in [6.07, 6.45) is -3.95. The number of aliphatic hydroxyl groups excluding tert-OH is 1. The van der Waals surface area contributed by atoms with E-state index < -0.39 is 38.6 Å². The Kier molecular flexibility index (Phi) is 6.70. The zero-order chi connectivity index (χ0) is 25.5. The minimum absolute atomic E-state index is 0.173. The average molecular weight is 526 g/mol. The molecule has 0 fully saturated rings. The van der Waals surface area contributed by atoms with E-state index in [1.54, 1.807) is 37.3 Å². The number of aliphatic hydroxyl groups is 1. The monoisotopic (exact) mass is 525 g/mol. The van der Waals surface area contributed by atoms with Gasteiger partial charge in [0.05, 0.1) is 33.8 Å². The van der Waals surface area contributed by atoms with Crippen LogP contribution < -0.4 is 4.31 Å². The molecule has 0 bridgehead atoms. The number of sulfonamides is 1. The van der Waals surface area contributed by atoms with Crippen molar-refractivity contribution in [2.45, 2.75) is 30.5 Å². The van der Waals surface area contributed by atoms with Gasteiger partial charge in [0.25, 0.3) is 10.0 Å². The first kappa shape index (κ1) is 25.2. The summed E-state index contributed by atoms with van der Waals surface area (Å²) in [6, 6.07) is 12.6. The Morgan fingerprint density at radius 2 is 1.83 bits per heavy atom. The van der Waals surface area contributed by atoms with Gasteiger partial charge in [-0.2, -0.15) is 13.2 Å². The summed E-state index contributed by atoms with van der Waals surface area (Å²) < 4.78 is 81.5. The van der Waals surface area contributed by atoms with Crippen LogP contribution >= 0.6 is 11.6 Å². The quantitative estimate of drug-likeness (QED) is 0.327. The molecule has 1 heterocycles. The van der Waals surface area contributed by atoms with Gasteiger partial charge in [0.1, 0.15) is 5.82 Å². The molecule has 0 saturated heterocycles. The van der Waals surface area contributed by atoms with Crippen LogP contribution in [0.5, 0.6) is 0 Å². The summed E-state index contributed by atoms with van der Waals surface area (Å²) in [5, 5.41) is 10.5. The van der Waals surface area contributed by atoms with E-state index in [2.05, 4.69) is 0 Å². The van der Waals surface area contributed by atoms with E-state index in [4.69, 9.17) is 11.6 Å². The SMILES string of the molecule is C/C(=C\c1ccc2c(c1)N(S(=O)(=O)c1cccc(C(F)(F)F)c1)C[C@H](O)C2)c1c(F)cccc1Cl. The van der Waals surface area contributed by atoms with E-state index in [0.29, 0.717) is 22.8 Å². The third kappa shape index (κ3) is 5.07. The van der Waals surface area contributed by atoms with Crippen LogP contribution in [-0.4, -0.2) is 26.2 Å². The van der Waals surface area contributed by atoms with Crippen LogP contribution in [0, 0.1) is 5.82 Å². The van der Waals surface area contributed by atoms with Crippen molar-refractivity contribution in [1.82, 2.24) is 0 Å². The lowest BCUT2D eigenvalue weighted by atomic mass is 9.97. The van der Waals surface area contributed by atoms with Gasteiger partial charge in [0.2, 0.25) is 0 Å². The van der Waals surface area contributed by atoms with Gasteiger partial charge in [0.15, 0.2) is 0 Å². The van der Waals surface area contributed by atoms with Crippen molar-refractivity contribution >= 4 is 39.0 Å². The second kappa shape index (κ2) is 9.29. The summed E-state index contributed by atoms with van der Waals surface area (Å²) in [6.45, 7) is 1.33. The van der Waals surface area contributed by atoms with Crippen LogP contribution in [0.1, 0.15) is 29.2 Å². The van der Waals surface area contributed by atoms with Crippen molar-refractivity contribution in [3.63, 3.8) is 0 Å². The van der Waals surface area contributed by atoms with Crippen molar-refractivity contribution in [3.05, 3.63) is 93.8 Å². The lowest BCUT2D eigenvalue weighted by Gasteiger charge is -2.33. The third-order valence-electron chi connectivity index (χ3n) is 5.70. The second-order valence-corrected chi connectivity index (χ2v) is 10.5. The first-order valence-corrected chi connectivity index (χ1v) is 12.3. The lowest BCUT2D eigenvalue weighted by molar-refractivity contribution is -0.137. The summed E-state index contributed by atoms with van der Waals surface area (Å²) in [7, 11) is -4.43. The molecule has 0 spiro atoms. The summed E-state index contributed by atoms with van der Waals surface area (Å²) in [5.74, 6) is -0.513. The molecule has 4 nitrogen and oxygen atoms in total. The van der Waals surface area contributed by atoms with Gasteiger partial charge in [-0.05, 0) is 60.0 Å². The fourth-order valence-electron chi connectivity index (χ4n) is 4.07. The molecule has 3 aromatic rings. The highest BCUT2D eigenvalue weighted by atomic mass is 35.5. The van der Waals surface area contributed by atoms with Gasteiger partial charge < -0.3 is 5.11 Å². The van der Waals surface area contributed by atoms with E-state index in [0.717, 1.165) is 22.5 Å². The zero-order valence-corrected chi connectivity index (χ0v) is 19.9. The van der Waals surface area contributed by atoms with Crippen LogP contribution in [0.2, 0.25) is 5.02 Å². The number of benzene rings is 3. The number of fused-ring (bicyclic) bond motifs is 1. The Hall–Kier alpha value is -2.88.